The monoisotopic (exact) mass is 221 g/mol. The van der Waals surface area contributed by atoms with Gasteiger partial charge in [-0.15, -0.1) is 12.4 Å². The average Bonchev–Trinajstić information content (AvgIpc) is 1.85. The Morgan fingerprint density at radius 1 is 1.54 bits per heavy atom. The predicted octanol–water partition coefficient (Wildman–Crippen LogP) is 1.41. The van der Waals surface area contributed by atoms with E-state index in [0.717, 1.165) is 6.92 Å². The molecule has 0 bridgehead atoms. The topological polar surface area (TPSA) is 63.3 Å². The van der Waals surface area contributed by atoms with Gasteiger partial charge in [0.25, 0.3) is 0 Å². The lowest BCUT2D eigenvalue weighted by atomic mass is 10.0. The number of carboxylic acid groups (broad SMARTS) is 1. The molecule has 0 radical (unpaired) electrons. The number of hydrogen-bond donors (Lipinski definition) is 2. The van der Waals surface area contributed by atoms with Gasteiger partial charge in [0.05, 0.1) is 5.92 Å². The van der Waals surface area contributed by atoms with Crippen molar-refractivity contribution < 1.29 is 23.1 Å². The fraction of sp³-hybridized carbons (Fsp3) is 0.833. The van der Waals surface area contributed by atoms with Gasteiger partial charge in [-0.05, 0) is 6.42 Å². The molecule has 0 aliphatic carbocycles. The molecule has 0 heterocycles. The van der Waals surface area contributed by atoms with Crippen molar-refractivity contribution in [3.8, 4) is 0 Å². The van der Waals surface area contributed by atoms with Gasteiger partial charge in [-0.25, -0.2) is 0 Å². The first-order valence-electron chi connectivity index (χ1n) is 3.30. The maximum atomic E-state index is 11.8. The van der Waals surface area contributed by atoms with Crippen LogP contribution in [0.5, 0.6) is 0 Å². The number of nitrogens with two attached hydrogens (primary N) is 1. The summed E-state index contributed by atoms with van der Waals surface area (Å²) in [5.41, 5.74) is 4.91. The van der Waals surface area contributed by atoms with E-state index in [0.29, 0.717) is 0 Å². The Morgan fingerprint density at radius 2 is 1.92 bits per heavy atom. The highest BCUT2D eigenvalue weighted by molar-refractivity contribution is 5.85. The van der Waals surface area contributed by atoms with Crippen molar-refractivity contribution in [1.29, 1.82) is 0 Å². The van der Waals surface area contributed by atoms with Crippen molar-refractivity contribution in [1.82, 2.24) is 0 Å². The third-order valence-corrected chi connectivity index (χ3v) is 1.48. The van der Waals surface area contributed by atoms with Gasteiger partial charge in [-0.2, -0.15) is 13.2 Å². The Morgan fingerprint density at radius 3 is 2.15 bits per heavy atom. The van der Waals surface area contributed by atoms with Crippen LogP contribution in [0.2, 0.25) is 0 Å². The molecule has 0 amide bonds. The van der Waals surface area contributed by atoms with Crippen LogP contribution in [0.15, 0.2) is 0 Å². The summed E-state index contributed by atoms with van der Waals surface area (Å²) in [4.78, 5) is 10.1. The first kappa shape index (κ1) is 15.0. The van der Waals surface area contributed by atoms with E-state index in [1.54, 1.807) is 0 Å². The minimum Gasteiger partial charge on any atom is -0.480 e. The molecule has 0 aliphatic heterocycles. The van der Waals surface area contributed by atoms with Gasteiger partial charge in [-0.1, -0.05) is 6.92 Å². The highest BCUT2D eigenvalue weighted by Gasteiger charge is 2.37. The standard InChI is InChI=1S/C6H10F3NO2.ClH/c1-3(6(7,8)9)2-4(10)5(11)12;/h3-4H,2,10H2,1H3,(H,11,12);1H/t3-,4?;/m0./s1. The molecule has 3 nitrogen and oxygen atoms in total. The van der Waals surface area contributed by atoms with Gasteiger partial charge >= 0.3 is 12.1 Å². The lowest BCUT2D eigenvalue weighted by Crippen LogP contribution is -2.35. The molecular weight excluding hydrogens is 211 g/mol. The van der Waals surface area contributed by atoms with Crippen LogP contribution >= 0.6 is 12.4 Å². The Bertz CT molecular complexity index is 174. The smallest absolute Gasteiger partial charge is 0.391 e. The van der Waals surface area contributed by atoms with Crippen LogP contribution < -0.4 is 5.73 Å². The lowest BCUT2D eigenvalue weighted by Gasteiger charge is -2.16. The molecule has 0 aromatic carbocycles. The SMILES string of the molecule is C[C@@H](CC(N)C(=O)O)C(F)(F)F.Cl. The number of rotatable bonds is 3. The second-order valence-corrected chi connectivity index (χ2v) is 2.62. The van der Waals surface area contributed by atoms with Crippen molar-refractivity contribution in [3.63, 3.8) is 0 Å². The second kappa shape index (κ2) is 5.29. The summed E-state index contributed by atoms with van der Waals surface area (Å²) in [7, 11) is 0. The van der Waals surface area contributed by atoms with Crippen LogP contribution in [0.3, 0.4) is 0 Å². The van der Waals surface area contributed by atoms with Gasteiger partial charge in [0, 0.05) is 0 Å². The number of aliphatic carboxylic acids is 1. The molecule has 7 heteroatoms. The highest BCUT2D eigenvalue weighted by Crippen LogP contribution is 2.28. The molecule has 2 atom stereocenters. The van der Waals surface area contributed by atoms with Gasteiger partial charge in [0.2, 0.25) is 0 Å². The summed E-state index contributed by atoms with van der Waals surface area (Å²) in [6.45, 7) is 0.906. The van der Waals surface area contributed by atoms with E-state index in [9.17, 15) is 18.0 Å². The maximum absolute atomic E-state index is 11.8. The van der Waals surface area contributed by atoms with E-state index in [4.69, 9.17) is 10.8 Å². The molecule has 0 saturated heterocycles. The Balaban J connectivity index is 0. The van der Waals surface area contributed by atoms with Crippen LogP contribution in [0.25, 0.3) is 0 Å². The zero-order chi connectivity index (χ0) is 9.94. The van der Waals surface area contributed by atoms with Gasteiger partial charge in [0.1, 0.15) is 6.04 Å². The third kappa shape index (κ3) is 5.70. The fourth-order valence-corrected chi connectivity index (χ4v) is 0.615. The minimum atomic E-state index is -4.37. The zero-order valence-electron chi connectivity index (χ0n) is 6.84. The summed E-state index contributed by atoms with van der Waals surface area (Å²) in [5.74, 6) is -3.09. The molecule has 1 unspecified atom stereocenters. The van der Waals surface area contributed by atoms with E-state index >= 15 is 0 Å². The van der Waals surface area contributed by atoms with E-state index in [1.807, 2.05) is 0 Å². The average molecular weight is 222 g/mol. The first-order chi connectivity index (χ1) is 5.25. The van der Waals surface area contributed by atoms with Crippen LogP contribution in [0.1, 0.15) is 13.3 Å². The summed E-state index contributed by atoms with van der Waals surface area (Å²) in [6.07, 6.45) is -4.95. The number of hydrogen-bond acceptors (Lipinski definition) is 2. The van der Waals surface area contributed by atoms with Crippen molar-refractivity contribution in [2.24, 2.45) is 11.7 Å². The normalized spacial score (nSPS) is 15.8. The Hall–Kier alpha value is -0.490. The summed E-state index contributed by atoms with van der Waals surface area (Å²) in [6, 6.07) is -1.44. The van der Waals surface area contributed by atoms with E-state index < -0.39 is 30.5 Å². The van der Waals surface area contributed by atoms with Gasteiger partial charge in [-0.3, -0.25) is 4.79 Å². The molecule has 0 rings (SSSR count). The van der Waals surface area contributed by atoms with Crippen molar-refractivity contribution in [3.05, 3.63) is 0 Å². The van der Waals surface area contributed by atoms with Crippen molar-refractivity contribution >= 4 is 18.4 Å². The molecule has 0 spiro atoms. The van der Waals surface area contributed by atoms with Gasteiger partial charge in [0.15, 0.2) is 0 Å². The van der Waals surface area contributed by atoms with Gasteiger partial charge < -0.3 is 10.8 Å². The molecule has 3 N–H and O–H groups in total. The first-order valence-corrected chi connectivity index (χ1v) is 3.30. The molecular formula is C6H11ClF3NO2. The van der Waals surface area contributed by atoms with Crippen LogP contribution in [0.4, 0.5) is 13.2 Å². The zero-order valence-corrected chi connectivity index (χ0v) is 7.65. The quantitative estimate of drug-likeness (QED) is 0.757. The molecule has 0 aromatic rings. The summed E-state index contributed by atoms with van der Waals surface area (Å²) >= 11 is 0. The molecule has 0 saturated carbocycles. The molecule has 13 heavy (non-hydrogen) atoms. The van der Waals surface area contributed by atoms with Crippen LogP contribution in [-0.2, 0) is 4.79 Å². The van der Waals surface area contributed by atoms with Crippen LogP contribution in [0, 0.1) is 5.92 Å². The van der Waals surface area contributed by atoms with Crippen molar-refractivity contribution in [2.75, 3.05) is 0 Å². The Kier molecular flexibility index (Phi) is 6.10. The van der Waals surface area contributed by atoms with E-state index in [1.165, 1.54) is 0 Å². The third-order valence-electron chi connectivity index (χ3n) is 1.48. The lowest BCUT2D eigenvalue weighted by molar-refractivity contribution is -0.173. The summed E-state index contributed by atoms with van der Waals surface area (Å²) in [5, 5.41) is 8.20. The summed E-state index contributed by atoms with van der Waals surface area (Å²) < 4.78 is 35.5. The van der Waals surface area contributed by atoms with E-state index in [-0.39, 0.29) is 12.4 Å². The number of alkyl halides is 3. The number of carboxylic acids is 1. The fourth-order valence-electron chi connectivity index (χ4n) is 0.615. The second-order valence-electron chi connectivity index (χ2n) is 2.62. The minimum absolute atomic E-state index is 0. The molecule has 0 aliphatic rings. The largest absolute Gasteiger partial charge is 0.480 e. The molecule has 80 valence electrons. The predicted molar refractivity (Wildman–Crippen MR) is 42.7 cm³/mol. The molecule has 0 aromatic heterocycles. The highest BCUT2D eigenvalue weighted by atomic mass is 35.5. The maximum Gasteiger partial charge on any atom is 0.391 e. The van der Waals surface area contributed by atoms with Crippen molar-refractivity contribution in [2.45, 2.75) is 25.6 Å². The number of halogens is 4. The van der Waals surface area contributed by atoms with E-state index in [2.05, 4.69) is 0 Å². The Labute approximate surface area is 79.5 Å². The number of carbonyl (C=O) groups is 1. The molecule has 0 fully saturated rings. The van der Waals surface area contributed by atoms with Crippen LogP contribution in [-0.4, -0.2) is 23.3 Å².